The fraction of sp³-hybridized carbons (Fsp3) is 0.0500. The Labute approximate surface area is 144 Å². The average Bonchev–Trinajstić information content (AvgIpc) is 2.56. The fourth-order valence-corrected chi connectivity index (χ4v) is 2.74. The molecule has 1 N–H and O–H groups in total. The Bertz CT molecular complexity index is 825. The predicted molar refractivity (Wildman–Crippen MR) is 96.9 cm³/mol. The Morgan fingerprint density at radius 1 is 0.870 bits per heavy atom. The summed E-state index contributed by atoms with van der Waals surface area (Å²) in [6.45, 7) is 0.831. The van der Waals surface area contributed by atoms with Gasteiger partial charge in [-0.1, -0.05) is 58.4 Å². The second kappa shape index (κ2) is 7.25. The number of nitrogens with zero attached hydrogens (tertiary/aromatic N) is 1. The molecule has 0 bridgehead atoms. The SMILES string of the molecule is Oc1cccc(/C=C/c2cc[n+](Cc3ccccc3Br)cc2)c1. The Hall–Kier alpha value is -2.39. The van der Waals surface area contributed by atoms with Gasteiger partial charge in [-0.25, -0.2) is 4.57 Å². The third-order valence-corrected chi connectivity index (χ3v) is 4.34. The first kappa shape index (κ1) is 15.5. The van der Waals surface area contributed by atoms with E-state index in [1.54, 1.807) is 12.1 Å². The van der Waals surface area contributed by atoms with E-state index in [-0.39, 0.29) is 5.75 Å². The van der Waals surface area contributed by atoms with Crippen LogP contribution in [0.1, 0.15) is 16.7 Å². The van der Waals surface area contributed by atoms with Crippen LogP contribution in [0.15, 0.2) is 77.5 Å². The molecule has 2 nitrogen and oxygen atoms in total. The number of phenols is 1. The van der Waals surface area contributed by atoms with Gasteiger partial charge in [0, 0.05) is 22.2 Å². The standard InChI is InChI=1S/C20H16BrNO/c21-20-7-2-1-5-18(20)15-22-12-10-16(11-13-22)8-9-17-4-3-6-19(23)14-17/h1-14H,15H2/p+1/b9-8+. The maximum Gasteiger partial charge on any atom is 0.174 e. The van der Waals surface area contributed by atoms with Crippen LogP contribution >= 0.6 is 15.9 Å². The van der Waals surface area contributed by atoms with Crippen LogP contribution in [-0.4, -0.2) is 5.11 Å². The maximum absolute atomic E-state index is 9.47. The van der Waals surface area contributed by atoms with Crippen molar-refractivity contribution in [1.29, 1.82) is 0 Å². The van der Waals surface area contributed by atoms with Crippen molar-refractivity contribution in [3.8, 4) is 5.75 Å². The van der Waals surface area contributed by atoms with Crippen molar-refractivity contribution in [3.05, 3.63) is 94.2 Å². The minimum absolute atomic E-state index is 0.284. The van der Waals surface area contributed by atoms with Gasteiger partial charge in [0.2, 0.25) is 0 Å². The highest BCUT2D eigenvalue weighted by Crippen LogP contribution is 2.16. The maximum atomic E-state index is 9.47. The first-order valence-electron chi connectivity index (χ1n) is 7.40. The molecule has 3 aromatic rings. The van der Waals surface area contributed by atoms with Crippen molar-refractivity contribution in [3.63, 3.8) is 0 Å². The van der Waals surface area contributed by atoms with Crippen LogP contribution in [0.25, 0.3) is 12.2 Å². The molecule has 0 amide bonds. The Morgan fingerprint density at radius 3 is 2.35 bits per heavy atom. The van der Waals surface area contributed by atoms with Crippen molar-refractivity contribution >= 4 is 28.1 Å². The summed E-state index contributed by atoms with van der Waals surface area (Å²) >= 11 is 3.58. The molecule has 1 aromatic heterocycles. The van der Waals surface area contributed by atoms with Crippen LogP contribution < -0.4 is 4.57 Å². The van der Waals surface area contributed by atoms with E-state index in [1.165, 1.54) is 5.56 Å². The number of rotatable bonds is 4. The summed E-state index contributed by atoms with van der Waals surface area (Å²) in [5, 5.41) is 9.47. The van der Waals surface area contributed by atoms with Gasteiger partial charge in [0.15, 0.2) is 18.9 Å². The Balaban J connectivity index is 1.71. The summed E-state index contributed by atoms with van der Waals surface area (Å²) in [5.41, 5.74) is 3.35. The van der Waals surface area contributed by atoms with Crippen LogP contribution in [-0.2, 0) is 6.54 Å². The number of phenolic OH excluding ortho intramolecular Hbond substituents is 1. The number of hydrogen-bond donors (Lipinski definition) is 1. The molecular weight excluding hydrogens is 350 g/mol. The number of hydrogen-bond acceptors (Lipinski definition) is 1. The molecule has 0 saturated carbocycles. The van der Waals surface area contributed by atoms with Crippen molar-refractivity contribution < 1.29 is 9.67 Å². The fourth-order valence-electron chi connectivity index (χ4n) is 2.33. The van der Waals surface area contributed by atoms with Crippen molar-refractivity contribution in [2.75, 3.05) is 0 Å². The zero-order chi connectivity index (χ0) is 16.1. The van der Waals surface area contributed by atoms with Gasteiger partial charge in [-0.05, 0) is 29.3 Å². The van der Waals surface area contributed by atoms with Gasteiger partial charge in [0.1, 0.15) is 5.75 Å². The lowest BCUT2D eigenvalue weighted by Crippen LogP contribution is -2.33. The first-order chi connectivity index (χ1) is 11.2. The largest absolute Gasteiger partial charge is 0.508 e. The minimum atomic E-state index is 0.284. The van der Waals surface area contributed by atoms with E-state index in [0.717, 1.165) is 22.1 Å². The van der Waals surface area contributed by atoms with Gasteiger partial charge in [0.25, 0.3) is 0 Å². The van der Waals surface area contributed by atoms with Gasteiger partial charge < -0.3 is 5.11 Å². The van der Waals surface area contributed by atoms with Crippen molar-refractivity contribution in [2.45, 2.75) is 6.54 Å². The Kier molecular flexibility index (Phi) is 4.89. The summed E-state index contributed by atoms with van der Waals surface area (Å²) in [6, 6.07) is 19.6. The molecule has 1 heterocycles. The molecule has 2 aromatic carbocycles. The lowest BCUT2D eigenvalue weighted by Gasteiger charge is -2.01. The number of halogens is 1. The summed E-state index contributed by atoms with van der Waals surface area (Å²) in [4.78, 5) is 0. The lowest BCUT2D eigenvalue weighted by molar-refractivity contribution is -0.688. The van der Waals surface area contributed by atoms with Gasteiger partial charge in [-0.3, -0.25) is 0 Å². The molecule has 0 aliphatic carbocycles. The number of benzene rings is 2. The molecule has 0 spiro atoms. The topological polar surface area (TPSA) is 24.1 Å². The summed E-state index contributed by atoms with van der Waals surface area (Å²) < 4.78 is 3.27. The van der Waals surface area contributed by atoms with E-state index in [0.29, 0.717) is 0 Å². The first-order valence-corrected chi connectivity index (χ1v) is 8.20. The van der Waals surface area contributed by atoms with Crippen LogP contribution in [0.4, 0.5) is 0 Å². The van der Waals surface area contributed by atoms with Crippen LogP contribution in [0.3, 0.4) is 0 Å². The van der Waals surface area contributed by atoms with Crippen LogP contribution in [0.2, 0.25) is 0 Å². The molecular formula is C20H17BrNO+. The average molecular weight is 367 g/mol. The van der Waals surface area contributed by atoms with Gasteiger partial charge in [-0.15, -0.1) is 0 Å². The Morgan fingerprint density at radius 2 is 1.61 bits per heavy atom. The van der Waals surface area contributed by atoms with Crippen molar-refractivity contribution in [2.24, 2.45) is 0 Å². The molecule has 0 saturated heterocycles. The van der Waals surface area contributed by atoms with E-state index in [4.69, 9.17) is 0 Å². The van der Waals surface area contributed by atoms with Crippen LogP contribution in [0.5, 0.6) is 5.75 Å². The predicted octanol–water partition coefficient (Wildman–Crippen LogP) is 4.66. The molecule has 23 heavy (non-hydrogen) atoms. The number of pyridine rings is 1. The van der Waals surface area contributed by atoms with Gasteiger partial charge in [0.05, 0.1) is 0 Å². The zero-order valence-electron chi connectivity index (χ0n) is 12.6. The molecule has 0 aliphatic rings. The van der Waals surface area contributed by atoms with Gasteiger partial charge >= 0.3 is 0 Å². The smallest absolute Gasteiger partial charge is 0.174 e. The highest BCUT2D eigenvalue weighted by atomic mass is 79.9. The highest BCUT2D eigenvalue weighted by Gasteiger charge is 2.05. The molecule has 0 aliphatic heterocycles. The molecule has 0 radical (unpaired) electrons. The third-order valence-electron chi connectivity index (χ3n) is 3.57. The highest BCUT2D eigenvalue weighted by molar-refractivity contribution is 9.10. The van der Waals surface area contributed by atoms with E-state index in [2.05, 4.69) is 57.2 Å². The number of aromatic nitrogens is 1. The second-order valence-electron chi connectivity index (χ2n) is 5.32. The lowest BCUT2D eigenvalue weighted by atomic mass is 10.1. The quantitative estimate of drug-likeness (QED) is 0.667. The van der Waals surface area contributed by atoms with E-state index in [1.807, 2.05) is 36.4 Å². The van der Waals surface area contributed by atoms with E-state index in [9.17, 15) is 5.11 Å². The van der Waals surface area contributed by atoms with E-state index >= 15 is 0 Å². The normalized spacial score (nSPS) is 11.0. The monoisotopic (exact) mass is 366 g/mol. The second-order valence-corrected chi connectivity index (χ2v) is 6.18. The van der Waals surface area contributed by atoms with Crippen molar-refractivity contribution in [1.82, 2.24) is 0 Å². The van der Waals surface area contributed by atoms with E-state index < -0.39 is 0 Å². The third kappa shape index (κ3) is 4.30. The molecule has 3 heteroatoms. The summed E-state index contributed by atoms with van der Waals surface area (Å²) in [5.74, 6) is 0.284. The summed E-state index contributed by atoms with van der Waals surface area (Å²) in [7, 11) is 0. The molecule has 0 atom stereocenters. The molecule has 0 unspecified atom stereocenters. The molecule has 0 fully saturated rings. The zero-order valence-corrected chi connectivity index (χ0v) is 14.1. The summed E-state index contributed by atoms with van der Waals surface area (Å²) in [6.07, 6.45) is 8.17. The van der Waals surface area contributed by atoms with Gasteiger partial charge in [-0.2, -0.15) is 0 Å². The number of aromatic hydroxyl groups is 1. The molecule has 114 valence electrons. The molecule has 3 rings (SSSR count). The minimum Gasteiger partial charge on any atom is -0.508 e. The van der Waals surface area contributed by atoms with Crippen LogP contribution in [0, 0.1) is 0 Å².